The molecule has 1 aliphatic rings. The number of benzene rings is 2. The quantitative estimate of drug-likeness (QED) is 0.696. The molecule has 0 unspecified atom stereocenters. The van der Waals surface area contributed by atoms with E-state index >= 15 is 0 Å². The number of rotatable bonds is 4. The summed E-state index contributed by atoms with van der Waals surface area (Å²) in [5.74, 6) is 1.31. The predicted octanol–water partition coefficient (Wildman–Crippen LogP) is 4.02. The van der Waals surface area contributed by atoms with Crippen molar-refractivity contribution in [3.63, 3.8) is 0 Å². The molecule has 1 aliphatic heterocycles. The normalized spacial score (nSPS) is 15.4. The van der Waals surface area contributed by atoms with Crippen LogP contribution in [-0.2, 0) is 6.54 Å². The van der Waals surface area contributed by atoms with E-state index in [4.69, 9.17) is 16.1 Å². The van der Waals surface area contributed by atoms with Crippen molar-refractivity contribution in [3.8, 4) is 11.4 Å². The Labute approximate surface area is 158 Å². The molecule has 0 aliphatic carbocycles. The molecule has 2 heterocycles. The highest BCUT2D eigenvalue weighted by Crippen LogP contribution is 2.22. The Morgan fingerprint density at radius 2 is 1.81 bits per heavy atom. The molecule has 1 saturated heterocycles. The molecule has 1 aromatic heterocycles. The van der Waals surface area contributed by atoms with E-state index in [1.165, 1.54) is 11.3 Å². The fraction of sp³-hybridized carbons (Fsp3) is 0.300. The lowest BCUT2D eigenvalue weighted by atomic mass is 10.1. The van der Waals surface area contributed by atoms with Crippen molar-refractivity contribution in [2.45, 2.75) is 13.5 Å². The van der Waals surface area contributed by atoms with E-state index in [0.717, 1.165) is 36.8 Å². The van der Waals surface area contributed by atoms with Crippen LogP contribution in [0.25, 0.3) is 11.4 Å². The SMILES string of the molecule is Cc1ccc(-c2noc(CN3CCN(c4cccc(Cl)c4)CC3)n2)cc1. The van der Waals surface area contributed by atoms with E-state index in [1.54, 1.807) is 0 Å². The van der Waals surface area contributed by atoms with Gasteiger partial charge in [-0.05, 0) is 25.1 Å². The van der Waals surface area contributed by atoms with Crippen molar-refractivity contribution in [3.05, 3.63) is 65.0 Å². The summed E-state index contributed by atoms with van der Waals surface area (Å²) in [7, 11) is 0. The summed E-state index contributed by atoms with van der Waals surface area (Å²) in [6, 6.07) is 16.2. The van der Waals surface area contributed by atoms with Gasteiger partial charge in [-0.1, -0.05) is 52.7 Å². The molecule has 0 N–H and O–H groups in total. The highest BCUT2D eigenvalue weighted by atomic mass is 35.5. The lowest BCUT2D eigenvalue weighted by molar-refractivity contribution is 0.215. The largest absolute Gasteiger partial charge is 0.369 e. The van der Waals surface area contributed by atoms with E-state index in [1.807, 2.05) is 30.3 Å². The zero-order valence-corrected chi connectivity index (χ0v) is 15.5. The first-order valence-electron chi connectivity index (χ1n) is 8.80. The molecule has 0 spiro atoms. The summed E-state index contributed by atoms with van der Waals surface area (Å²) >= 11 is 6.10. The lowest BCUT2D eigenvalue weighted by Crippen LogP contribution is -2.46. The van der Waals surface area contributed by atoms with Gasteiger partial charge in [0.05, 0.1) is 6.54 Å². The number of anilines is 1. The van der Waals surface area contributed by atoms with Crippen molar-refractivity contribution < 1.29 is 4.52 Å². The van der Waals surface area contributed by atoms with Crippen molar-refractivity contribution in [2.24, 2.45) is 0 Å². The van der Waals surface area contributed by atoms with Gasteiger partial charge in [0.2, 0.25) is 11.7 Å². The summed E-state index contributed by atoms with van der Waals surface area (Å²) in [6.45, 7) is 6.57. The van der Waals surface area contributed by atoms with Gasteiger partial charge in [-0.15, -0.1) is 0 Å². The van der Waals surface area contributed by atoms with Crippen molar-refractivity contribution in [1.29, 1.82) is 0 Å². The summed E-state index contributed by atoms with van der Waals surface area (Å²) in [4.78, 5) is 9.24. The molecule has 1 fully saturated rings. The van der Waals surface area contributed by atoms with Crippen molar-refractivity contribution >= 4 is 17.3 Å². The van der Waals surface area contributed by atoms with Crippen LogP contribution in [0.1, 0.15) is 11.5 Å². The van der Waals surface area contributed by atoms with Crippen LogP contribution in [0, 0.1) is 6.92 Å². The second-order valence-corrected chi connectivity index (χ2v) is 7.06. The number of piperazine rings is 1. The van der Waals surface area contributed by atoms with Crippen LogP contribution in [0.15, 0.2) is 53.1 Å². The number of aryl methyl sites for hydroxylation is 1. The minimum absolute atomic E-state index is 0.651. The standard InChI is InChI=1S/C20H21ClN4O/c1-15-5-7-16(8-6-15)20-22-19(26-23-20)14-24-9-11-25(12-10-24)18-4-2-3-17(21)13-18/h2-8,13H,9-12,14H2,1H3. The third-order valence-corrected chi connectivity index (χ3v) is 4.92. The maximum absolute atomic E-state index is 6.10. The van der Waals surface area contributed by atoms with Crippen molar-refractivity contribution in [2.75, 3.05) is 31.1 Å². The smallest absolute Gasteiger partial charge is 0.241 e. The van der Waals surface area contributed by atoms with E-state index in [2.05, 4.69) is 45.1 Å². The van der Waals surface area contributed by atoms with Gasteiger partial charge in [0.25, 0.3) is 0 Å². The van der Waals surface area contributed by atoms with Crippen LogP contribution >= 0.6 is 11.6 Å². The van der Waals surface area contributed by atoms with E-state index in [9.17, 15) is 0 Å². The lowest BCUT2D eigenvalue weighted by Gasteiger charge is -2.35. The van der Waals surface area contributed by atoms with Crippen molar-refractivity contribution in [1.82, 2.24) is 15.0 Å². The number of nitrogens with zero attached hydrogens (tertiary/aromatic N) is 4. The highest BCUT2D eigenvalue weighted by molar-refractivity contribution is 6.30. The van der Waals surface area contributed by atoms with E-state index in [-0.39, 0.29) is 0 Å². The van der Waals surface area contributed by atoms with Gasteiger partial charge in [-0.2, -0.15) is 4.98 Å². The summed E-state index contributed by atoms with van der Waals surface area (Å²) < 4.78 is 5.45. The van der Waals surface area contributed by atoms with Gasteiger partial charge in [-0.25, -0.2) is 0 Å². The van der Waals surface area contributed by atoms with Gasteiger partial charge in [-0.3, -0.25) is 4.90 Å². The molecule has 6 heteroatoms. The van der Waals surface area contributed by atoms with Crippen LogP contribution in [0.3, 0.4) is 0 Å². The van der Waals surface area contributed by atoms with E-state index in [0.29, 0.717) is 18.3 Å². The number of aromatic nitrogens is 2. The Hall–Kier alpha value is -2.37. The third-order valence-electron chi connectivity index (χ3n) is 4.68. The molecule has 0 bridgehead atoms. The first-order valence-corrected chi connectivity index (χ1v) is 9.18. The molecule has 0 saturated carbocycles. The van der Waals surface area contributed by atoms with Gasteiger partial charge in [0.1, 0.15) is 0 Å². The average Bonchev–Trinajstić information content (AvgIpc) is 3.11. The van der Waals surface area contributed by atoms with Gasteiger partial charge >= 0.3 is 0 Å². The predicted molar refractivity (Wildman–Crippen MR) is 103 cm³/mol. The zero-order chi connectivity index (χ0) is 17.9. The summed E-state index contributed by atoms with van der Waals surface area (Å²) in [5.41, 5.74) is 3.38. The summed E-state index contributed by atoms with van der Waals surface area (Å²) in [6.07, 6.45) is 0. The third kappa shape index (κ3) is 3.89. The van der Waals surface area contributed by atoms with Gasteiger partial charge in [0.15, 0.2) is 0 Å². The Balaban J connectivity index is 1.35. The monoisotopic (exact) mass is 368 g/mol. The first kappa shape index (κ1) is 17.1. The topological polar surface area (TPSA) is 45.4 Å². The highest BCUT2D eigenvalue weighted by Gasteiger charge is 2.20. The Kier molecular flexibility index (Phi) is 4.91. The summed E-state index contributed by atoms with van der Waals surface area (Å²) in [5, 5.41) is 4.89. The molecule has 0 atom stereocenters. The van der Waals surface area contributed by atoms with Crippen LogP contribution < -0.4 is 4.90 Å². The minimum atomic E-state index is 0.651. The second kappa shape index (κ2) is 7.48. The van der Waals surface area contributed by atoms with Crippen LogP contribution in [0.5, 0.6) is 0 Å². The minimum Gasteiger partial charge on any atom is -0.369 e. The number of hydrogen-bond donors (Lipinski definition) is 0. The van der Waals surface area contributed by atoms with Crippen LogP contribution in [-0.4, -0.2) is 41.2 Å². The van der Waals surface area contributed by atoms with E-state index < -0.39 is 0 Å². The number of halogens is 1. The van der Waals surface area contributed by atoms with Gasteiger partial charge in [0, 0.05) is 42.5 Å². The molecular weight excluding hydrogens is 348 g/mol. The van der Waals surface area contributed by atoms with Crippen LogP contribution in [0.2, 0.25) is 5.02 Å². The zero-order valence-electron chi connectivity index (χ0n) is 14.7. The molecule has 134 valence electrons. The maximum atomic E-state index is 6.10. The molecule has 2 aromatic carbocycles. The molecule has 5 nitrogen and oxygen atoms in total. The maximum Gasteiger partial charge on any atom is 0.241 e. The molecule has 0 amide bonds. The molecular formula is C20H21ClN4O. The van der Waals surface area contributed by atoms with Gasteiger partial charge < -0.3 is 9.42 Å². The van der Waals surface area contributed by atoms with Crippen LogP contribution in [0.4, 0.5) is 5.69 Å². The molecule has 3 aromatic rings. The second-order valence-electron chi connectivity index (χ2n) is 6.62. The first-order chi connectivity index (χ1) is 12.7. The molecule has 0 radical (unpaired) electrons. The number of hydrogen-bond acceptors (Lipinski definition) is 5. The molecule has 26 heavy (non-hydrogen) atoms. The molecule has 4 rings (SSSR count). The Bertz CT molecular complexity index is 870. The fourth-order valence-corrected chi connectivity index (χ4v) is 3.35. The fourth-order valence-electron chi connectivity index (χ4n) is 3.17. The average molecular weight is 369 g/mol. The Morgan fingerprint density at radius 1 is 1.04 bits per heavy atom. The Morgan fingerprint density at radius 3 is 2.54 bits per heavy atom.